The van der Waals surface area contributed by atoms with E-state index in [1.807, 2.05) is 47.5 Å². The van der Waals surface area contributed by atoms with E-state index in [1.54, 1.807) is 17.0 Å². The van der Waals surface area contributed by atoms with Crippen LogP contribution in [0.25, 0.3) is 10.6 Å². The van der Waals surface area contributed by atoms with Gasteiger partial charge in [0.05, 0.1) is 5.69 Å². The fourth-order valence-corrected chi connectivity index (χ4v) is 4.02. The van der Waals surface area contributed by atoms with Gasteiger partial charge in [-0.2, -0.15) is 0 Å². The fourth-order valence-electron chi connectivity index (χ4n) is 3.22. The second kappa shape index (κ2) is 7.48. The van der Waals surface area contributed by atoms with Gasteiger partial charge in [-0.1, -0.05) is 42.0 Å². The number of nitrogens with zero attached hydrogens (tertiary/aromatic N) is 3. The third-order valence-corrected chi connectivity index (χ3v) is 5.67. The summed E-state index contributed by atoms with van der Waals surface area (Å²) in [6.45, 7) is 4.39. The molecule has 0 saturated carbocycles. The molecule has 0 bridgehead atoms. The molecule has 0 N–H and O–H groups in total. The molecule has 138 valence electrons. The van der Waals surface area contributed by atoms with Crippen molar-refractivity contribution in [2.75, 3.05) is 31.1 Å². The molecule has 1 aromatic heterocycles. The van der Waals surface area contributed by atoms with Crippen LogP contribution in [0.3, 0.4) is 0 Å². The van der Waals surface area contributed by atoms with Crippen molar-refractivity contribution < 1.29 is 9.18 Å². The Kier molecular flexibility index (Phi) is 4.90. The summed E-state index contributed by atoms with van der Waals surface area (Å²) in [5, 5.41) is 2.67. The molecule has 2 heterocycles. The lowest BCUT2D eigenvalue weighted by atomic mass is 10.2. The van der Waals surface area contributed by atoms with Crippen molar-refractivity contribution in [3.05, 3.63) is 71.0 Å². The highest BCUT2D eigenvalue weighted by Crippen LogP contribution is 2.25. The lowest BCUT2D eigenvalue weighted by Crippen LogP contribution is -2.49. The molecule has 1 fully saturated rings. The van der Waals surface area contributed by atoms with Gasteiger partial charge in [0, 0.05) is 37.1 Å². The molecule has 0 aliphatic carbocycles. The average molecular weight is 381 g/mol. The Morgan fingerprint density at radius 2 is 1.74 bits per heavy atom. The summed E-state index contributed by atoms with van der Waals surface area (Å²) in [5.74, 6) is -0.280. The van der Waals surface area contributed by atoms with Crippen LogP contribution in [0.15, 0.2) is 53.9 Å². The number of carbonyl (C=O) groups is 1. The second-order valence-electron chi connectivity index (χ2n) is 6.63. The molecule has 4 rings (SSSR count). The summed E-state index contributed by atoms with van der Waals surface area (Å²) in [6.07, 6.45) is 0. The number of benzene rings is 2. The van der Waals surface area contributed by atoms with Crippen molar-refractivity contribution in [1.29, 1.82) is 0 Å². The van der Waals surface area contributed by atoms with Crippen molar-refractivity contribution in [2.24, 2.45) is 0 Å². The first-order valence-corrected chi connectivity index (χ1v) is 9.81. The first-order valence-electron chi connectivity index (χ1n) is 8.93. The molecule has 1 aliphatic rings. The number of para-hydroxylation sites is 1. The van der Waals surface area contributed by atoms with Gasteiger partial charge in [0.25, 0.3) is 5.91 Å². The van der Waals surface area contributed by atoms with Crippen LogP contribution in [0.4, 0.5) is 10.1 Å². The molecule has 3 aromatic rings. The van der Waals surface area contributed by atoms with Crippen LogP contribution in [-0.4, -0.2) is 42.0 Å². The number of hydrogen-bond acceptors (Lipinski definition) is 4. The van der Waals surface area contributed by atoms with Crippen LogP contribution in [0.5, 0.6) is 0 Å². The van der Waals surface area contributed by atoms with Crippen molar-refractivity contribution in [3.8, 4) is 10.6 Å². The van der Waals surface area contributed by atoms with Crippen LogP contribution >= 0.6 is 11.3 Å². The zero-order valence-electron chi connectivity index (χ0n) is 15.1. The Balaban J connectivity index is 1.43. The Bertz CT molecular complexity index is 946. The highest BCUT2D eigenvalue weighted by atomic mass is 32.1. The number of rotatable bonds is 3. The lowest BCUT2D eigenvalue weighted by Gasteiger charge is -2.35. The van der Waals surface area contributed by atoms with E-state index in [1.165, 1.54) is 23.0 Å². The van der Waals surface area contributed by atoms with E-state index < -0.39 is 0 Å². The molecule has 1 aliphatic heterocycles. The summed E-state index contributed by atoms with van der Waals surface area (Å²) in [7, 11) is 0. The zero-order chi connectivity index (χ0) is 18.8. The number of anilines is 1. The van der Waals surface area contributed by atoms with E-state index in [0.29, 0.717) is 37.6 Å². The van der Waals surface area contributed by atoms with Crippen LogP contribution < -0.4 is 4.90 Å². The molecule has 27 heavy (non-hydrogen) atoms. The van der Waals surface area contributed by atoms with Crippen LogP contribution in [0, 0.1) is 12.7 Å². The van der Waals surface area contributed by atoms with Gasteiger partial charge in [0.1, 0.15) is 16.5 Å². The monoisotopic (exact) mass is 381 g/mol. The number of piperazine rings is 1. The summed E-state index contributed by atoms with van der Waals surface area (Å²) in [5.41, 5.74) is 3.29. The normalized spacial score (nSPS) is 14.4. The minimum Gasteiger partial charge on any atom is -0.366 e. The molecule has 6 heteroatoms. The number of carbonyl (C=O) groups excluding carboxylic acids is 1. The molecule has 0 spiro atoms. The van der Waals surface area contributed by atoms with E-state index in [2.05, 4.69) is 4.98 Å². The van der Waals surface area contributed by atoms with Crippen molar-refractivity contribution in [1.82, 2.24) is 9.88 Å². The van der Waals surface area contributed by atoms with E-state index in [0.717, 1.165) is 10.6 Å². The number of aryl methyl sites for hydroxylation is 1. The molecule has 1 amide bonds. The molecule has 0 unspecified atom stereocenters. The van der Waals surface area contributed by atoms with Crippen LogP contribution in [0.1, 0.15) is 16.1 Å². The van der Waals surface area contributed by atoms with Crippen LogP contribution in [0.2, 0.25) is 0 Å². The molecule has 2 aromatic carbocycles. The maximum Gasteiger partial charge on any atom is 0.273 e. The largest absolute Gasteiger partial charge is 0.366 e. The Hall–Kier alpha value is -2.73. The quantitative estimate of drug-likeness (QED) is 0.682. The summed E-state index contributed by atoms with van der Waals surface area (Å²) in [6, 6.07) is 14.9. The zero-order valence-corrected chi connectivity index (χ0v) is 15.9. The van der Waals surface area contributed by atoms with Crippen molar-refractivity contribution in [2.45, 2.75) is 6.92 Å². The first-order chi connectivity index (χ1) is 13.1. The third-order valence-electron chi connectivity index (χ3n) is 4.78. The Morgan fingerprint density at radius 1 is 1.04 bits per heavy atom. The Labute approximate surface area is 161 Å². The number of halogens is 1. The van der Waals surface area contributed by atoms with Crippen LogP contribution in [-0.2, 0) is 0 Å². The molecular weight excluding hydrogens is 361 g/mol. The van der Waals surface area contributed by atoms with Crippen molar-refractivity contribution >= 4 is 22.9 Å². The highest BCUT2D eigenvalue weighted by Gasteiger charge is 2.25. The van der Waals surface area contributed by atoms with E-state index in [9.17, 15) is 9.18 Å². The van der Waals surface area contributed by atoms with E-state index in [4.69, 9.17) is 0 Å². The molecular formula is C21H20FN3OS. The number of thiazole rings is 1. The maximum atomic E-state index is 14.0. The lowest BCUT2D eigenvalue weighted by molar-refractivity contribution is 0.0741. The second-order valence-corrected chi connectivity index (χ2v) is 7.49. The fraction of sp³-hybridized carbons (Fsp3) is 0.238. The SMILES string of the molecule is Cc1ccc(-c2nc(C(=O)N3CCN(c4ccccc4F)CC3)cs2)cc1. The van der Waals surface area contributed by atoms with Gasteiger partial charge < -0.3 is 9.80 Å². The van der Waals surface area contributed by atoms with E-state index in [-0.39, 0.29) is 11.7 Å². The van der Waals surface area contributed by atoms with Gasteiger partial charge in [0.2, 0.25) is 0 Å². The number of amides is 1. The topological polar surface area (TPSA) is 36.4 Å². The van der Waals surface area contributed by atoms with Gasteiger partial charge in [-0.15, -0.1) is 11.3 Å². The molecule has 0 atom stereocenters. The van der Waals surface area contributed by atoms with Gasteiger partial charge in [0.15, 0.2) is 0 Å². The van der Waals surface area contributed by atoms with Gasteiger partial charge in [-0.3, -0.25) is 4.79 Å². The minimum atomic E-state index is -0.223. The minimum absolute atomic E-state index is 0.0576. The van der Waals surface area contributed by atoms with Gasteiger partial charge >= 0.3 is 0 Å². The molecule has 4 nitrogen and oxygen atoms in total. The molecule has 1 saturated heterocycles. The Morgan fingerprint density at radius 3 is 2.44 bits per heavy atom. The van der Waals surface area contributed by atoms with Gasteiger partial charge in [-0.25, -0.2) is 9.37 Å². The highest BCUT2D eigenvalue weighted by molar-refractivity contribution is 7.13. The first kappa shape index (κ1) is 17.7. The number of hydrogen-bond donors (Lipinski definition) is 0. The maximum absolute atomic E-state index is 14.0. The van der Waals surface area contributed by atoms with Crippen molar-refractivity contribution in [3.63, 3.8) is 0 Å². The summed E-state index contributed by atoms with van der Waals surface area (Å²) < 4.78 is 14.0. The molecule has 0 radical (unpaired) electrons. The standard InChI is InChI=1S/C21H20FN3OS/c1-15-6-8-16(9-7-15)20-23-18(14-27-20)21(26)25-12-10-24(11-13-25)19-5-3-2-4-17(19)22/h2-9,14H,10-13H2,1H3. The predicted molar refractivity (Wildman–Crippen MR) is 107 cm³/mol. The van der Waals surface area contributed by atoms with Gasteiger partial charge in [-0.05, 0) is 19.1 Å². The summed E-state index contributed by atoms with van der Waals surface area (Å²) >= 11 is 1.48. The average Bonchev–Trinajstić information content (AvgIpc) is 3.19. The van der Waals surface area contributed by atoms with E-state index >= 15 is 0 Å². The smallest absolute Gasteiger partial charge is 0.273 e. The summed E-state index contributed by atoms with van der Waals surface area (Å²) in [4.78, 5) is 21.1. The predicted octanol–water partition coefficient (Wildman–Crippen LogP) is 4.22. The number of aromatic nitrogens is 1. The third kappa shape index (κ3) is 3.71.